The van der Waals surface area contributed by atoms with Crippen molar-refractivity contribution in [1.82, 2.24) is 0 Å². The van der Waals surface area contributed by atoms with E-state index in [1.165, 1.54) is 16.9 Å². The molecule has 2 fully saturated rings. The molecule has 0 saturated carbocycles. The van der Waals surface area contributed by atoms with Crippen molar-refractivity contribution in [3.05, 3.63) is 50.9 Å². The number of thiol groups is 1. The number of benzene rings is 2. The molecule has 0 spiro atoms. The molecule has 2 saturated heterocycles. The SMILES string of the molecule is Cc1cc(Br)cc(N2CCOCC2)c1.Sc1cc(Br)cc(N2CCOCC2)c1. The van der Waals surface area contributed by atoms with Crippen LogP contribution in [0.5, 0.6) is 0 Å². The van der Waals surface area contributed by atoms with E-state index in [0.717, 1.165) is 66.4 Å². The third-order valence-corrected chi connectivity index (χ3v) is 5.82. The number of morpholine rings is 2. The minimum Gasteiger partial charge on any atom is -0.378 e. The zero-order valence-corrected chi connectivity index (χ0v) is 20.1. The highest BCUT2D eigenvalue weighted by Gasteiger charge is 2.12. The predicted molar refractivity (Wildman–Crippen MR) is 126 cm³/mol. The molecule has 7 heteroatoms. The third kappa shape index (κ3) is 6.66. The van der Waals surface area contributed by atoms with Crippen molar-refractivity contribution >= 4 is 55.9 Å². The summed E-state index contributed by atoms with van der Waals surface area (Å²) in [5, 5.41) is 0. The summed E-state index contributed by atoms with van der Waals surface area (Å²) in [5.74, 6) is 0. The van der Waals surface area contributed by atoms with Gasteiger partial charge in [-0.05, 0) is 48.9 Å². The van der Waals surface area contributed by atoms with Crippen molar-refractivity contribution in [2.24, 2.45) is 0 Å². The van der Waals surface area contributed by atoms with Gasteiger partial charge >= 0.3 is 0 Å². The first kappa shape index (κ1) is 22.0. The van der Waals surface area contributed by atoms with Crippen molar-refractivity contribution in [3.8, 4) is 0 Å². The van der Waals surface area contributed by atoms with Crippen molar-refractivity contribution in [2.45, 2.75) is 11.8 Å². The van der Waals surface area contributed by atoms with Crippen LogP contribution in [0.15, 0.2) is 50.2 Å². The maximum atomic E-state index is 5.33. The van der Waals surface area contributed by atoms with Crippen LogP contribution < -0.4 is 9.80 Å². The Kier molecular flexibility index (Phi) is 8.53. The van der Waals surface area contributed by atoms with E-state index < -0.39 is 0 Å². The number of halogens is 2. The zero-order chi connectivity index (χ0) is 19.9. The van der Waals surface area contributed by atoms with Gasteiger partial charge in [0.25, 0.3) is 0 Å². The Hall–Kier alpha value is -0.730. The number of rotatable bonds is 2. The van der Waals surface area contributed by atoms with E-state index in [4.69, 9.17) is 9.47 Å². The van der Waals surface area contributed by atoms with Gasteiger partial charge in [-0.2, -0.15) is 0 Å². The number of hydrogen-bond acceptors (Lipinski definition) is 5. The Bertz CT molecular complexity index is 673. The van der Waals surface area contributed by atoms with Gasteiger partial charge < -0.3 is 19.3 Å². The van der Waals surface area contributed by atoms with Gasteiger partial charge in [-0.3, -0.25) is 0 Å². The highest BCUT2D eigenvalue weighted by atomic mass is 79.9. The van der Waals surface area contributed by atoms with Crippen LogP contribution in [0.4, 0.5) is 11.4 Å². The van der Waals surface area contributed by atoms with Gasteiger partial charge in [0.1, 0.15) is 0 Å². The fourth-order valence-electron chi connectivity index (χ4n) is 3.28. The summed E-state index contributed by atoms with van der Waals surface area (Å²) in [6, 6.07) is 12.7. The molecule has 2 aliphatic heterocycles. The number of aryl methyl sites for hydroxylation is 1. The number of hydrogen-bond donors (Lipinski definition) is 1. The molecule has 0 radical (unpaired) electrons. The predicted octanol–water partition coefficient (Wildman–Crippen LogP) is 5.17. The summed E-state index contributed by atoms with van der Waals surface area (Å²) in [6.45, 7) is 9.34. The number of nitrogens with zero attached hydrogens (tertiary/aromatic N) is 2. The van der Waals surface area contributed by atoms with E-state index in [-0.39, 0.29) is 0 Å². The lowest BCUT2D eigenvalue weighted by molar-refractivity contribution is 0.122. The zero-order valence-electron chi connectivity index (χ0n) is 16.0. The van der Waals surface area contributed by atoms with Gasteiger partial charge in [-0.1, -0.05) is 31.9 Å². The Labute approximate surface area is 189 Å². The Balaban J connectivity index is 0.000000161. The van der Waals surface area contributed by atoms with Crippen molar-refractivity contribution in [3.63, 3.8) is 0 Å². The largest absolute Gasteiger partial charge is 0.378 e. The van der Waals surface area contributed by atoms with Crippen molar-refractivity contribution in [2.75, 3.05) is 62.4 Å². The molecule has 2 aliphatic rings. The van der Waals surface area contributed by atoms with Gasteiger partial charge in [0.2, 0.25) is 0 Å². The second-order valence-corrected chi connectivity index (χ2v) is 9.20. The maximum Gasteiger partial charge on any atom is 0.0642 e. The van der Waals surface area contributed by atoms with Crippen LogP contribution >= 0.6 is 44.5 Å². The molecule has 0 bridgehead atoms. The molecule has 4 rings (SSSR count). The summed E-state index contributed by atoms with van der Waals surface area (Å²) >= 11 is 11.3. The van der Waals surface area contributed by atoms with Gasteiger partial charge in [-0.25, -0.2) is 0 Å². The molecule has 152 valence electrons. The van der Waals surface area contributed by atoms with Crippen molar-refractivity contribution in [1.29, 1.82) is 0 Å². The van der Waals surface area contributed by atoms with Crippen LogP contribution in [0.25, 0.3) is 0 Å². The third-order valence-electron chi connectivity index (χ3n) is 4.65. The fourth-order valence-corrected chi connectivity index (χ4v) is 4.81. The van der Waals surface area contributed by atoms with Gasteiger partial charge in [0.05, 0.1) is 26.4 Å². The highest BCUT2D eigenvalue weighted by Crippen LogP contribution is 2.25. The van der Waals surface area contributed by atoms with Crippen LogP contribution in [-0.2, 0) is 9.47 Å². The van der Waals surface area contributed by atoms with E-state index in [9.17, 15) is 0 Å². The van der Waals surface area contributed by atoms with Gasteiger partial charge in [0.15, 0.2) is 0 Å². The van der Waals surface area contributed by atoms with Crippen LogP contribution in [-0.4, -0.2) is 52.6 Å². The lowest BCUT2D eigenvalue weighted by Gasteiger charge is -2.29. The highest BCUT2D eigenvalue weighted by molar-refractivity contribution is 9.10. The molecule has 28 heavy (non-hydrogen) atoms. The Morgan fingerprint density at radius 3 is 1.64 bits per heavy atom. The molecule has 0 amide bonds. The summed E-state index contributed by atoms with van der Waals surface area (Å²) in [6.07, 6.45) is 0. The van der Waals surface area contributed by atoms with Gasteiger partial charge in [0, 0.05) is 51.4 Å². The minimum absolute atomic E-state index is 0.814. The standard InChI is InChI=1S/C11H14BrNO.C10H12BrNOS/c1-9-6-10(12)8-11(7-9)13-2-4-14-5-3-13;11-8-5-9(7-10(14)6-8)12-1-3-13-4-2-12/h6-8H,2-5H2,1H3;5-7,14H,1-4H2. The Morgan fingerprint density at radius 1 is 0.714 bits per heavy atom. The summed E-state index contributed by atoms with van der Waals surface area (Å²) in [7, 11) is 0. The van der Waals surface area contributed by atoms with E-state index >= 15 is 0 Å². The number of anilines is 2. The molecule has 4 nitrogen and oxygen atoms in total. The quantitative estimate of drug-likeness (QED) is 0.542. The molecular weight excluding hydrogens is 504 g/mol. The van der Waals surface area contributed by atoms with Crippen molar-refractivity contribution < 1.29 is 9.47 Å². The van der Waals surface area contributed by atoms with E-state index in [1.54, 1.807) is 0 Å². The smallest absolute Gasteiger partial charge is 0.0642 e. The van der Waals surface area contributed by atoms with Crippen LogP contribution in [0.1, 0.15) is 5.56 Å². The molecule has 2 heterocycles. The summed E-state index contributed by atoms with van der Waals surface area (Å²) < 4.78 is 12.9. The molecule has 0 unspecified atom stereocenters. The average molecular weight is 530 g/mol. The lowest BCUT2D eigenvalue weighted by Crippen LogP contribution is -2.36. The Morgan fingerprint density at radius 2 is 1.18 bits per heavy atom. The lowest BCUT2D eigenvalue weighted by atomic mass is 10.2. The number of ether oxygens (including phenoxy) is 2. The first-order valence-corrected chi connectivity index (χ1v) is 11.5. The second-order valence-electron chi connectivity index (χ2n) is 6.85. The minimum atomic E-state index is 0.814. The van der Waals surface area contributed by atoms with E-state index in [1.807, 2.05) is 6.07 Å². The molecular formula is C21H26Br2N2O2S. The van der Waals surface area contributed by atoms with E-state index in [0.29, 0.717) is 0 Å². The molecule has 2 aromatic rings. The van der Waals surface area contributed by atoms with Crippen LogP contribution in [0.2, 0.25) is 0 Å². The second kappa shape index (κ2) is 10.9. The molecule has 0 aromatic heterocycles. The van der Waals surface area contributed by atoms with Crippen LogP contribution in [0, 0.1) is 6.92 Å². The normalized spacial score (nSPS) is 17.1. The maximum absolute atomic E-state index is 5.33. The topological polar surface area (TPSA) is 24.9 Å². The van der Waals surface area contributed by atoms with Gasteiger partial charge in [-0.15, -0.1) is 12.6 Å². The average Bonchev–Trinajstić information content (AvgIpc) is 2.68. The fraction of sp³-hybridized carbons (Fsp3) is 0.429. The first-order valence-electron chi connectivity index (χ1n) is 9.43. The molecule has 0 atom stereocenters. The monoisotopic (exact) mass is 528 g/mol. The van der Waals surface area contributed by atoms with Crippen LogP contribution in [0.3, 0.4) is 0 Å². The first-order chi connectivity index (χ1) is 13.5. The molecule has 2 aromatic carbocycles. The van der Waals surface area contributed by atoms with E-state index in [2.05, 4.69) is 91.5 Å². The summed E-state index contributed by atoms with van der Waals surface area (Å²) in [4.78, 5) is 5.66. The summed E-state index contributed by atoms with van der Waals surface area (Å²) in [5.41, 5.74) is 3.80. The molecule has 0 aliphatic carbocycles. The molecule has 0 N–H and O–H groups in total.